The van der Waals surface area contributed by atoms with E-state index in [2.05, 4.69) is 50.5 Å². The van der Waals surface area contributed by atoms with Crippen molar-refractivity contribution in [2.75, 3.05) is 0 Å². The summed E-state index contributed by atoms with van der Waals surface area (Å²) in [4.78, 5) is 47.1. The molecule has 0 aromatic carbocycles. The minimum absolute atomic E-state index is 1.03. The van der Waals surface area contributed by atoms with Gasteiger partial charge in [0.1, 0.15) is 0 Å². The van der Waals surface area contributed by atoms with Crippen LogP contribution in [0.1, 0.15) is 0 Å². The summed E-state index contributed by atoms with van der Waals surface area (Å²) >= 11 is 9.87. The van der Waals surface area contributed by atoms with Gasteiger partial charge in [0.15, 0.2) is 0 Å². The van der Waals surface area contributed by atoms with Crippen molar-refractivity contribution in [2.45, 2.75) is 21.0 Å². The Bertz CT molecular complexity index is 433. The van der Waals surface area contributed by atoms with Gasteiger partial charge in [-0.2, -0.15) is 0 Å². The van der Waals surface area contributed by atoms with Crippen molar-refractivity contribution >= 4 is 94.4 Å². The van der Waals surface area contributed by atoms with Crippen LogP contribution in [0.25, 0.3) is 0 Å². The third-order valence-electron chi connectivity index (χ3n) is 2.47. The van der Waals surface area contributed by atoms with Gasteiger partial charge in [0.2, 0.25) is 0 Å². The Morgan fingerprint density at radius 3 is 0.952 bits per heavy atom. The third-order valence-corrected chi connectivity index (χ3v) is 10.1. The van der Waals surface area contributed by atoms with Crippen LogP contribution in [0, 0.1) is 0 Å². The number of hydrogen-bond donors (Lipinski definition) is 4. The molecule has 0 amide bonds. The second-order valence-electron chi connectivity index (χ2n) is 3.96. The fourth-order valence-electron chi connectivity index (χ4n) is 1.37. The molecule has 0 saturated carbocycles. The molecular formula is C8H8O8S4Sn. The summed E-state index contributed by atoms with van der Waals surface area (Å²) in [5.41, 5.74) is 0. The molecular weight excluding hydrogens is 471 g/mol. The molecule has 2 saturated heterocycles. The molecule has 8 nitrogen and oxygen atoms in total. The second-order valence-corrected chi connectivity index (χ2v) is 11.4. The van der Waals surface area contributed by atoms with E-state index in [4.69, 9.17) is 12.3 Å². The van der Waals surface area contributed by atoms with Crippen LogP contribution in [-0.2, 0) is 31.5 Å². The zero-order chi connectivity index (χ0) is 15.9. The fraction of sp³-hybridized carbons (Fsp3) is 0.500. The first-order valence-electron chi connectivity index (χ1n) is 5.30. The molecule has 4 atom stereocenters. The summed E-state index contributed by atoms with van der Waals surface area (Å²) in [6.45, 7) is 0. The van der Waals surface area contributed by atoms with Crippen LogP contribution < -0.4 is 0 Å². The predicted molar refractivity (Wildman–Crippen MR) is 81.2 cm³/mol. The van der Waals surface area contributed by atoms with E-state index < -0.39 is 64.9 Å². The van der Waals surface area contributed by atoms with Gasteiger partial charge in [-0.05, 0) is 0 Å². The zero-order valence-corrected chi connectivity index (χ0v) is 16.3. The standard InChI is InChI=1S/2C4H6O4S2.Sn/c2*5-3(6)1(9)2(10)4(7)8;/h2*1-2,9-10H,(H,5,6)(H,7,8);/q;;+4/p-4. The van der Waals surface area contributed by atoms with E-state index >= 15 is 0 Å². The van der Waals surface area contributed by atoms with E-state index in [0.717, 1.165) is 0 Å². The Morgan fingerprint density at radius 2 is 0.762 bits per heavy atom. The van der Waals surface area contributed by atoms with Crippen LogP contribution in [0.2, 0.25) is 0 Å². The molecule has 0 N–H and O–H groups in total. The molecule has 2 aliphatic rings. The van der Waals surface area contributed by atoms with Crippen LogP contribution in [0.5, 0.6) is 0 Å². The minimum atomic E-state index is -5.57. The molecule has 0 radical (unpaired) electrons. The van der Waals surface area contributed by atoms with Crippen molar-refractivity contribution in [3.8, 4) is 0 Å². The van der Waals surface area contributed by atoms with E-state index in [1.807, 2.05) is 0 Å². The van der Waals surface area contributed by atoms with Crippen LogP contribution >= 0.6 is 50.5 Å². The van der Waals surface area contributed by atoms with Crippen molar-refractivity contribution in [1.82, 2.24) is 0 Å². The van der Waals surface area contributed by atoms with Gasteiger partial charge in [-0.1, -0.05) is 0 Å². The quantitative estimate of drug-likeness (QED) is 0.254. The zero-order valence-electron chi connectivity index (χ0n) is 9.86. The maximum atomic E-state index is 11.8. The van der Waals surface area contributed by atoms with Gasteiger partial charge in [-0.25, -0.2) is 0 Å². The van der Waals surface area contributed by atoms with Crippen LogP contribution in [0.3, 0.4) is 0 Å². The first-order valence-corrected chi connectivity index (χ1v) is 12.0. The molecule has 2 heterocycles. The number of hydrogen-bond acceptors (Lipinski definition) is 12. The molecule has 0 aromatic rings. The van der Waals surface area contributed by atoms with Crippen molar-refractivity contribution in [3.63, 3.8) is 0 Å². The monoisotopic (exact) mass is 480 g/mol. The fourth-order valence-corrected chi connectivity index (χ4v) is 8.18. The van der Waals surface area contributed by atoms with Crippen LogP contribution in [0.4, 0.5) is 0 Å². The van der Waals surface area contributed by atoms with Crippen LogP contribution in [-0.4, -0.2) is 64.9 Å². The van der Waals surface area contributed by atoms with Crippen molar-refractivity contribution in [3.05, 3.63) is 0 Å². The Kier molecular flexibility index (Phi) is 5.22. The number of carbonyl (C=O) groups excluding carboxylic acids is 4. The molecule has 4 unspecified atom stereocenters. The molecule has 2 fully saturated rings. The van der Waals surface area contributed by atoms with E-state index in [9.17, 15) is 19.2 Å². The molecule has 116 valence electrons. The molecule has 0 aromatic heterocycles. The molecule has 21 heavy (non-hydrogen) atoms. The summed E-state index contributed by atoms with van der Waals surface area (Å²) in [6.07, 6.45) is 0. The van der Waals surface area contributed by atoms with Gasteiger partial charge >= 0.3 is 147 Å². The third kappa shape index (κ3) is 3.38. The number of thiol groups is 4. The van der Waals surface area contributed by atoms with Crippen LogP contribution in [0.15, 0.2) is 0 Å². The molecule has 0 aliphatic carbocycles. The van der Waals surface area contributed by atoms with Gasteiger partial charge < -0.3 is 0 Å². The van der Waals surface area contributed by atoms with Crippen molar-refractivity contribution < 1.29 is 31.5 Å². The summed E-state index contributed by atoms with van der Waals surface area (Å²) in [7, 11) is 0. The first kappa shape index (κ1) is 17.4. The average Bonchev–Trinajstić information content (AvgIpc) is 2.53. The first-order chi connectivity index (χ1) is 9.67. The molecule has 2 aliphatic heterocycles. The average molecular weight is 479 g/mol. The van der Waals surface area contributed by atoms with Gasteiger partial charge in [0.25, 0.3) is 0 Å². The number of carbonyl (C=O) groups is 4. The summed E-state index contributed by atoms with van der Waals surface area (Å²) in [5.74, 6) is -4.13. The van der Waals surface area contributed by atoms with Crippen molar-refractivity contribution in [2.24, 2.45) is 0 Å². The van der Waals surface area contributed by atoms with Gasteiger partial charge in [-0.3, -0.25) is 0 Å². The topological polar surface area (TPSA) is 105 Å². The Labute approximate surface area is 146 Å². The summed E-state index contributed by atoms with van der Waals surface area (Å²) < 4.78 is 19.4. The second kappa shape index (κ2) is 6.29. The Balaban J connectivity index is 2.40. The Morgan fingerprint density at radius 1 is 0.571 bits per heavy atom. The van der Waals surface area contributed by atoms with E-state index in [-0.39, 0.29) is 0 Å². The van der Waals surface area contributed by atoms with Gasteiger partial charge in [0, 0.05) is 0 Å². The normalized spacial score (nSPS) is 40.6. The predicted octanol–water partition coefficient (Wildman–Crippen LogP) is -1.18. The molecule has 13 heteroatoms. The molecule has 1 spiro atoms. The summed E-state index contributed by atoms with van der Waals surface area (Å²) in [6, 6.07) is 0. The van der Waals surface area contributed by atoms with Gasteiger partial charge in [-0.15, -0.1) is 0 Å². The van der Waals surface area contributed by atoms with Gasteiger partial charge in [0.05, 0.1) is 0 Å². The molecule has 2 rings (SSSR count). The van der Waals surface area contributed by atoms with E-state index in [0.29, 0.717) is 0 Å². The van der Waals surface area contributed by atoms with Crippen molar-refractivity contribution in [1.29, 1.82) is 0 Å². The Hall–Kier alpha value is 0.0787. The summed E-state index contributed by atoms with van der Waals surface area (Å²) in [5, 5.41) is -5.01. The molecule has 0 bridgehead atoms. The maximum absolute atomic E-state index is 11.8. The SMILES string of the molecule is O=C1[O][Sn]2([O]C(=O)C(S)C1S)[O]C(=O)C(S)C(S)C(=O)[O]2. The number of rotatable bonds is 0. The van der Waals surface area contributed by atoms with E-state index in [1.165, 1.54) is 0 Å². The van der Waals surface area contributed by atoms with E-state index in [1.54, 1.807) is 0 Å².